The molecule has 0 aliphatic carbocycles. The fraction of sp³-hybridized carbons (Fsp3) is 0.417. The van der Waals surface area contributed by atoms with Gasteiger partial charge in [-0.1, -0.05) is 0 Å². The summed E-state index contributed by atoms with van der Waals surface area (Å²) >= 11 is 0. The molecule has 0 aromatic carbocycles. The first kappa shape index (κ1) is 13.1. The van der Waals surface area contributed by atoms with Crippen molar-refractivity contribution in [3.05, 3.63) is 30.7 Å². The minimum atomic E-state index is -0.485. The maximum Gasteiger partial charge on any atom is 0.360 e. The number of carbonyl (C=O) groups is 1. The zero-order chi connectivity index (χ0) is 13.7. The highest BCUT2D eigenvalue weighted by atomic mass is 16.5. The van der Waals surface area contributed by atoms with E-state index in [-0.39, 0.29) is 11.7 Å². The van der Waals surface area contributed by atoms with Crippen LogP contribution in [0.2, 0.25) is 0 Å². The van der Waals surface area contributed by atoms with Gasteiger partial charge in [0.15, 0.2) is 5.69 Å². The molecule has 7 nitrogen and oxygen atoms in total. The van der Waals surface area contributed by atoms with Gasteiger partial charge in [-0.3, -0.25) is 0 Å². The fourth-order valence-electron chi connectivity index (χ4n) is 1.61. The van der Waals surface area contributed by atoms with Crippen molar-refractivity contribution >= 4 is 12.0 Å². The van der Waals surface area contributed by atoms with Crippen molar-refractivity contribution in [2.75, 3.05) is 11.9 Å². The number of nitrogens with one attached hydrogen (secondary N) is 1. The first-order valence-electron chi connectivity index (χ1n) is 6.04. The predicted octanol–water partition coefficient (Wildman–Crippen LogP) is 1.55. The molecule has 2 aromatic rings. The minimum absolute atomic E-state index is 0.0860. The van der Waals surface area contributed by atoms with Gasteiger partial charge in [-0.15, -0.1) is 0 Å². The lowest BCUT2D eigenvalue weighted by atomic mass is 10.3. The van der Waals surface area contributed by atoms with E-state index in [1.54, 1.807) is 19.4 Å². The molecule has 0 bridgehead atoms. The number of nitrogens with zero attached hydrogens (tertiary/aromatic N) is 3. The molecule has 0 aliphatic rings. The van der Waals surface area contributed by atoms with Crippen LogP contribution in [0, 0.1) is 0 Å². The highest BCUT2D eigenvalue weighted by molar-refractivity contribution is 5.87. The number of imidazole rings is 1. The quantitative estimate of drug-likeness (QED) is 0.797. The van der Waals surface area contributed by atoms with E-state index in [1.807, 2.05) is 17.7 Å². The van der Waals surface area contributed by atoms with Crippen LogP contribution in [-0.2, 0) is 11.3 Å². The number of aromatic nitrogens is 3. The summed E-state index contributed by atoms with van der Waals surface area (Å²) < 4.78 is 11.9. The van der Waals surface area contributed by atoms with E-state index in [0.717, 1.165) is 6.54 Å². The monoisotopic (exact) mass is 264 g/mol. The van der Waals surface area contributed by atoms with E-state index in [9.17, 15) is 4.79 Å². The Hall–Kier alpha value is -2.31. The molecule has 1 unspecified atom stereocenters. The van der Waals surface area contributed by atoms with Crippen LogP contribution < -0.4 is 5.32 Å². The van der Waals surface area contributed by atoms with Gasteiger partial charge in [0.1, 0.15) is 6.26 Å². The number of carbonyl (C=O) groups excluding carboxylic acids is 1. The summed E-state index contributed by atoms with van der Waals surface area (Å²) in [5.41, 5.74) is 0.166. The van der Waals surface area contributed by atoms with Crippen molar-refractivity contribution in [2.45, 2.75) is 26.4 Å². The summed E-state index contributed by atoms with van der Waals surface area (Å²) in [4.78, 5) is 19.4. The van der Waals surface area contributed by atoms with Gasteiger partial charge in [-0.05, 0) is 13.8 Å². The van der Waals surface area contributed by atoms with E-state index < -0.39 is 5.97 Å². The lowest BCUT2D eigenvalue weighted by Crippen LogP contribution is -2.21. The Bertz CT molecular complexity index is 521. The van der Waals surface area contributed by atoms with Crippen LogP contribution in [0.5, 0.6) is 0 Å². The number of hydrogen-bond acceptors (Lipinski definition) is 6. The van der Waals surface area contributed by atoms with Gasteiger partial charge in [0.2, 0.25) is 0 Å². The normalized spacial score (nSPS) is 12.1. The van der Waals surface area contributed by atoms with Crippen LogP contribution in [0.3, 0.4) is 0 Å². The van der Waals surface area contributed by atoms with Crippen LogP contribution in [0.15, 0.2) is 29.4 Å². The lowest BCUT2D eigenvalue weighted by Gasteiger charge is -2.12. The second-order valence-electron chi connectivity index (χ2n) is 4.06. The molecule has 0 aliphatic heterocycles. The molecule has 102 valence electrons. The van der Waals surface area contributed by atoms with Crippen LogP contribution in [0.25, 0.3) is 0 Å². The third kappa shape index (κ3) is 3.57. The highest BCUT2D eigenvalue weighted by Crippen LogP contribution is 2.10. The number of hydrogen-bond donors (Lipinski definition) is 1. The molecule has 2 rings (SSSR count). The van der Waals surface area contributed by atoms with Gasteiger partial charge in [0, 0.05) is 25.0 Å². The summed E-state index contributed by atoms with van der Waals surface area (Å²) in [6.45, 7) is 4.75. The van der Waals surface area contributed by atoms with Gasteiger partial charge in [0.05, 0.1) is 12.9 Å². The standard InChI is InChI=1S/C12H16N4O3/c1-3-18-11(17)10-7-19-12(15-10)14-9(2)6-16-5-4-13-8-16/h4-5,7-9H,3,6H2,1-2H3,(H,14,15). The second kappa shape index (κ2) is 6.03. The zero-order valence-corrected chi connectivity index (χ0v) is 10.9. The molecule has 0 fully saturated rings. The largest absolute Gasteiger partial charge is 0.461 e. The van der Waals surface area contributed by atoms with E-state index in [0.29, 0.717) is 12.6 Å². The van der Waals surface area contributed by atoms with Gasteiger partial charge in [-0.25, -0.2) is 9.78 Å². The number of oxazole rings is 1. The Morgan fingerprint density at radius 1 is 1.63 bits per heavy atom. The van der Waals surface area contributed by atoms with Gasteiger partial charge >= 0.3 is 5.97 Å². The van der Waals surface area contributed by atoms with Gasteiger partial charge < -0.3 is 19.0 Å². The molecular weight excluding hydrogens is 248 g/mol. The average molecular weight is 264 g/mol. The van der Waals surface area contributed by atoms with Crippen LogP contribution >= 0.6 is 0 Å². The van der Waals surface area contributed by atoms with Crippen molar-refractivity contribution in [3.8, 4) is 0 Å². The maximum atomic E-state index is 11.4. The van der Waals surface area contributed by atoms with E-state index >= 15 is 0 Å². The Labute approximate surface area is 110 Å². The number of ether oxygens (including phenoxy) is 1. The predicted molar refractivity (Wildman–Crippen MR) is 67.8 cm³/mol. The second-order valence-corrected chi connectivity index (χ2v) is 4.06. The van der Waals surface area contributed by atoms with Crippen molar-refractivity contribution in [1.29, 1.82) is 0 Å². The molecule has 1 N–H and O–H groups in total. The number of esters is 1. The molecule has 0 saturated carbocycles. The Morgan fingerprint density at radius 3 is 3.16 bits per heavy atom. The average Bonchev–Trinajstić information content (AvgIpc) is 3.00. The van der Waals surface area contributed by atoms with Crippen molar-refractivity contribution < 1.29 is 13.9 Å². The third-order valence-corrected chi connectivity index (χ3v) is 2.40. The SMILES string of the molecule is CCOC(=O)c1coc(NC(C)Cn2ccnc2)n1. The van der Waals surface area contributed by atoms with E-state index in [1.165, 1.54) is 6.26 Å². The molecule has 2 aromatic heterocycles. The Kier molecular flexibility index (Phi) is 4.17. The maximum absolute atomic E-state index is 11.4. The number of anilines is 1. The van der Waals surface area contributed by atoms with Crippen molar-refractivity contribution in [3.63, 3.8) is 0 Å². The molecule has 7 heteroatoms. The molecule has 2 heterocycles. The molecule has 0 saturated heterocycles. The third-order valence-electron chi connectivity index (χ3n) is 2.40. The molecule has 1 atom stereocenters. The van der Waals surface area contributed by atoms with Gasteiger partial charge in [0.25, 0.3) is 6.01 Å². The smallest absolute Gasteiger partial charge is 0.360 e. The molecule has 0 spiro atoms. The fourth-order valence-corrected chi connectivity index (χ4v) is 1.61. The summed E-state index contributed by atoms with van der Waals surface area (Å²) in [6, 6.07) is 0.388. The number of rotatable bonds is 6. The molecule has 19 heavy (non-hydrogen) atoms. The first-order valence-corrected chi connectivity index (χ1v) is 6.04. The molecule has 0 radical (unpaired) electrons. The minimum Gasteiger partial charge on any atom is -0.461 e. The topological polar surface area (TPSA) is 82.2 Å². The highest BCUT2D eigenvalue weighted by Gasteiger charge is 2.14. The van der Waals surface area contributed by atoms with Crippen LogP contribution in [0.4, 0.5) is 6.01 Å². The molecular formula is C12H16N4O3. The first-order chi connectivity index (χ1) is 9.19. The zero-order valence-electron chi connectivity index (χ0n) is 10.9. The Morgan fingerprint density at radius 2 is 2.47 bits per heavy atom. The van der Waals surface area contributed by atoms with Crippen molar-refractivity contribution in [2.24, 2.45) is 0 Å². The van der Waals surface area contributed by atoms with E-state index in [2.05, 4.69) is 15.3 Å². The Balaban J connectivity index is 1.90. The summed E-state index contributed by atoms with van der Waals surface area (Å²) in [5.74, 6) is -0.485. The van der Waals surface area contributed by atoms with E-state index in [4.69, 9.17) is 9.15 Å². The summed E-state index contributed by atoms with van der Waals surface area (Å²) in [7, 11) is 0. The van der Waals surface area contributed by atoms with Crippen molar-refractivity contribution in [1.82, 2.24) is 14.5 Å². The summed E-state index contributed by atoms with van der Waals surface area (Å²) in [6.07, 6.45) is 6.61. The van der Waals surface area contributed by atoms with Crippen LogP contribution in [0.1, 0.15) is 24.3 Å². The lowest BCUT2D eigenvalue weighted by molar-refractivity contribution is 0.0519. The molecule has 0 amide bonds. The summed E-state index contributed by atoms with van der Waals surface area (Å²) in [5, 5.41) is 3.06. The van der Waals surface area contributed by atoms with Crippen LogP contribution in [-0.4, -0.2) is 33.2 Å². The van der Waals surface area contributed by atoms with Gasteiger partial charge in [-0.2, -0.15) is 4.98 Å².